The maximum absolute atomic E-state index is 10.9. The van der Waals surface area contributed by atoms with Gasteiger partial charge in [0.25, 0.3) is 0 Å². The molecular weight excluding hydrogens is 188 g/mol. The molecule has 82 valence electrons. The number of carbonyl (C=O) groups is 1. The predicted molar refractivity (Wildman–Crippen MR) is 62.8 cm³/mol. The van der Waals surface area contributed by atoms with Gasteiger partial charge in [-0.3, -0.25) is 4.79 Å². The van der Waals surface area contributed by atoms with Gasteiger partial charge in [-0.2, -0.15) is 0 Å². The minimum absolute atomic E-state index is 0.00476. The summed E-state index contributed by atoms with van der Waals surface area (Å²) in [6.07, 6.45) is 0. The molecule has 2 N–H and O–H groups in total. The van der Waals surface area contributed by atoms with Crippen LogP contribution < -0.4 is 10.6 Å². The van der Waals surface area contributed by atoms with E-state index in [0.717, 1.165) is 5.69 Å². The van der Waals surface area contributed by atoms with Crippen LogP contribution in [0.1, 0.15) is 20.8 Å². The molecule has 0 spiro atoms. The Bertz CT molecular complexity index is 320. The molecule has 0 saturated carbocycles. The number of rotatable bonds is 4. The van der Waals surface area contributed by atoms with E-state index in [0.29, 0.717) is 6.54 Å². The first-order chi connectivity index (χ1) is 6.99. The van der Waals surface area contributed by atoms with Crippen LogP contribution in [0.15, 0.2) is 30.3 Å². The Morgan fingerprint density at radius 2 is 1.87 bits per heavy atom. The molecule has 0 unspecified atom stereocenters. The maximum Gasteiger partial charge on any atom is 0.217 e. The molecule has 15 heavy (non-hydrogen) atoms. The molecule has 1 rings (SSSR count). The number of amides is 1. The zero-order valence-corrected chi connectivity index (χ0v) is 9.50. The van der Waals surface area contributed by atoms with Gasteiger partial charge in [0, 0.05) is 19.2 Å². The van der Waals surface area contributed by atoms with Crippen LogP contribution in [-0.2, 0) is 4.79 Å². The molecule has 0 aliphatic heterocycles. The highest BCUT2D eigenvalue weighted by Crippen LogP contribution is 2.08. The van der Waals surface area contributed by atoms with Crippen molar-refractivity contribution in [1.29, 1.82) is 0 Å². The highest BCUT2D eigenvalue weighted by Gasteiger charge is 2.17. The predicted octanol–water partition coefficient (Wildman–Crippen LogP) is 2.01. The van der Waals surface area contributed by atoms with Crippen molar-refractivity contribution >= 4 is 11.6 Å². The molecule has 0 atom stereocenters. The van der Waals surface area contributed by atoms with Crippen molar-refractivity contribution in [3.05, 3.63) is 30.3 Å². The number of para-hydroxylation sites is 1. The summed E-state index contributed by atoms with van der Waals surface area (Å²) in [6, 6.07) is 9.94. The summed E-state index contributed by atoms with van der Waals surface area (Å²) in [5.74, 6) is -0.00476. The lowest BCUT2D eigenvalue weighted by atomic mass is 10.1. The van der Waals surface area contributed by atoms with Gasteiger partial charge in [-0.05, 0) is 26.0 Å². The van der Waals surface area contributed by atoms with E-state index < -0.39 is 0 Å². The van der Waals surface area contributed by atoms with E-state index in [2.05, 4.69) is 10.6 Å². The number of hydrogen-bond donors (Lipinski definition) is 2. The van der Waals surface area contributed by atoms with E-state index >= 15 is 0 Å². The zero-order chi connectivity index (χ0) is 11.3. The summed E-state index contributed by atoms with van der Waals surface area (Å²) >= 11 is 0. The largest absolute Gasteiger partial charge is 0.383 e. The van der Waals surface area contributed by atoms with Crippen molar-refractivity contribution in [1.82, 2.24) is 5.32 Å². The van der Waals surface area contributed by atoms with Gasteiger partial charge < -0.3 is 10.6 Å². The molecule has 1 aromatic carbocycles. The second kappa shape index (κ2) is 4.82. The lowest BCUT2D eigenvalue weighted by molar-refractivity contribution is -0.120. The molecule has 1 aromatic rings. The molecule has 0 aliphatic carbocycles. The highest BCUT2D eigenvalue weighted by atomic mass is 16.1. The van der Waals surface area contributed by atoms with E-state index in [1.54, 1.807) is 0 Å². The Kier molecular flexibility index (Phi) is 3.72. The van der Waals surface area contributed by atoms with Gasteiger partial charge in [-0.25, -0.2) is 0 Å². The lowest BCUT2D eigenvalue weighted by Crippen LogP contribution is -2.47. The standard InChI is InChI=1S/C12H18N2O/c1-10(15)14-12(2,3)9-13-11-7-5-4-6-8-11/h4-8,13H,9H2,1-3H3,(H,14,15). The molecule has 3 nitrogen and oxygen atoms in total. The monoisotopic (exact) mass is 206 g/mol. The molecule has 0 saturated heterocycles. The van der Waals surface area contributed by atoms with E-state index in [9.17, 15) is 4.79 Å². The normalized spacial score (nSPS) is 10.9. The summed E-state index contributed by atoms with van der Waals surface area (Å²) in [5.41, 5.74) is 0.831. The van der Waals surface area contributed by atoms with Crippen LogP contribution in [0.5, 0.6) is 0 Å². The first-order valence-corrected chi connectivity index (χ1v) is 5.07. The third-order valence-electron chi connectivity index (χ3n) is 2.02. The summed E-state index contributed by atoms with van der Waals surface area (Å²) < 4.78 is 0. The van der Waals surface area contributed by atoms with Crippen LogP contribution in [0.3, 0.4) is 0 Å². The first-order valence-electron chi connectivity index (χ1n) is 5.07. The Labute approximate surface area is 90.9 Å². The van der Waals surface area contributed by atoms with Crippen molar-refractivity contribution in [2.75, 3.05) is 11.9 Å². The second-order valence-electron chi connectivity index (χ2n) is 4.28. The van der Waals surface area contributed by atoms with E-state index in [-0.39, 0.29) is 11.4 Å². The number of benzene rings is 1. The Morgan fingerprint density at radius 3 is 2.40 bits per heavy atom. The zero-order valence-electron chi connectivity index (χ0n) is 9.50. The van der Waals surface area contributed by atoms with Gasteiger partial charge in [0.2, 0.25) is 5.91 Å². The fourth-order valence-electron chi connectivity index (χ4n) is 1.40. The molecular formula is C12H18N2O. The van der Waals surface area contributed by atoms with Gasteiger partial charge in [0.05, 0.1) is 5.54 Å². The minimum atomic E-state index is -0.234. The Hall–Kier alpha value is -1.51. The number of hydrogen-bond acceptors (Lipinski definition) is 2. The van der Waals surface area contributed by atoms with Crippen LogP contribution in [0.25, 0.3) is 0 Å². The average Bonchev–Trinajstić information content (AvgIpc) is 2.15. The third-order valence-corrected chi connectivity index (χ3v) is 2.02. The Balaban J connectivity index is 2.46. The van der Waals surface area contributed by atoms with Crippen LogP contribution in [0.4, 0.5) is 5.69 Å². The molecule has 1 amide bonds. The van der Waals surface area contributed by atoms with Gasteiger partial charge in [0.15, 0.2) is 0 Å². The smallest absolute Gasteiger partial charge is 0.217 e. The second-order valence-corrected chi connectivity index (χ2v) is 4.28. The Morgan fingerprint density at radius 1 is 1.27 bits per heavy atom. The summed E-state index contributed by atoms with van der Waals surface area (Å²) in [4.78, 5) is 10.9. The summed E-state index contributed by atoms with van der Waals surface area (Å²) in [7, 11) is 0. The van der Waals surface area contributed by atoms with Crippen molar-refractivity contribution in [3.63, 3.8) is 0 Å². The highest BCUT2D eigenvalue weighted by molar-refractivity contribution is 5.73. The molecule has 0 fully saturated rings. The SMILES string of the molecule is CC(=O)NC(C)(C)CNc1ccccc1. The van der Waals surface area contributed by atoms with Gasteiger partial charge in [-0.1, -0.05) is 18.2 Å². The van der Waals surface area contributed by atoms with Crippen LogP contribution in [-0.4, -0.2) is 18.0 Å². The van der Waals surface area contributed by atoms with Crippen molar-refractivity contribution < 1.29 is 4.79 Å². The molecule has 0 heterocycles. The van der Waals surface area contributed by atoms with Gasteiger partial charge in [0.1, 0.15) is 0 Å². The van der Waals surface area contributed by atoms with Gasteiger partial charge in [-0.15, -0.1) is 0 Å². The third kappa shape index (κ3) is 4.49. The number of anilines is 1. The molecule has 0 bridgehead atoms. The first kappa shape index (κ1) is 11.6. The topological polar surface area (TPSA) is 41.1 Å². The van der Waals surface area contributed by atoms with E-state index in [1.165, 1.54) is 6.92 Å². The summed E-state index contributed by atoms with van der Waals surface area (Å²) in [6.45, 7) is 6.22. The van der Waals surface area contributed by atoms with Crippen molar-refractivity contribution in [3.8, 4) is 0 Å². The number of carbonyl (C=O) groups excluding carboxylic acids is 1. The molecule has 0 radical (unpaired) electrons. The van der Waals surface area contributed by atoms with Crippen LogP contribution >= 0.6 is 0 Å². The van der Waals surface area contributed by atoms with Crippen molar-refractivity contribution in [2.24, 2.45) is 0 Å². The average molecular weight is 206 g/mol. The molecule has 0 aromatic heterocycles. The van der Waals surface area contributed by atoms with E-state index in [4.69, 9.17) is 0 Å². The quantitative estimate of drug-likeness (QED) is 0.791. The van der Waals surface area contributed by atoms with Gasteiger partial charge >= 0.3 is 0 Å². The van der Waals surface area contributed by atoms with Crippen LogP contribution in [0, 0.1) is 0 Å². The molecule has 3 heteroatoms. The molecule has 0 aliphatic rings. The van der Waals surface area contributed by atoms with E-state index in [1.807, 2.05) is 44.2 Å². The minimum Gasteiger partial charge on any atom is -0.383 e. The van der Waals surface area contributed by atoms with Crippen LogP contribution in [0.2, 0.25) is 0 Å². The maximum atomic E-state index is 10.9. The fraction of sp³-hybridized carbons (Fsp3) is 0.417. The lowest BCUT2D eigenvalue weighted by Gasteiger charge is -2.26. The number of nitrogens with one attached hydrogen (secondary N) is 2. The van der Waals surface area contributed by atoms with Crippen molar-refractivity contribution in [2.45, 2.75) is 26.3 Å². The fourth-order valence-corrected chi connectivity index (χ4v) is 1.40. The summed E-state index contributed by atoms with van der Waals surface area (Å²) in [5, 5.41) is 6.16.